The fourth-order valence-electron chi connectivity index (χ4n) is 3.37. The highest BCUT2D eigenvalue weighted by molar-refractivity contribution is 7.14. The van der Waals surface area contributed by atoms with Gasteiger partial charge in [0.2, 0.25) is 0 Å². The van der Waals surface area contributed by atoms with Crippen molar-refractivity contribution in [3.63, 3.8) is 0 Å². The van der Waals surface area contributed by atoms with Gasteiger partial charge in [0.25, 0.3) is 5.91 Å². The van der Waals surface area contributed by atoms with E-state index in [1.54, 1.807) is 17.9 Å². The maximum absolute atomic E-state index is 12.8. The number of hydrogen-bond donors (Lipinski definition) is 1. The van der Waals surface area contributed by atoms with Crippen LogP contribution in [0.25, 0.3) is 0 Å². The largest absolute Gasteiger partial charge is 0.507 e. The lowest BCUT2D eigenvalue weighted by Gasteiger charge is -2.26. The van der Waals surface area contributed by atoms with E-state index in [9.17, 15) is 19.5 Å². The number of aromatic hydroxyl groups is 1. The number of aromatic nitrogens is 1. The molecule has 2 aliphatic heterocycles. The van der Waals surface area contributed by atoms with Gasteiger partial charge in [-0.15, -0.1) is 11.3 Å². The van der Waals surface area contributed by atoms with E-state index in [0.29, 0.717) is 53.7 Å². The summed E-state index contributed by atoms with van der Waals surface area (Å²) in [5, 5.41) is 10.3. The molecule has 0 bridgehead atoms. The van der Waals surface area contributed by atoms with E-state index in [1.165, 1.54) is 17.4 Å². The van der Waals surface area contributed by atoms with Crippen LogP contribution in [0.1, 0.15) is 42.2 Å². The third kappa shape index (κ3) is 3.16. The van der Waals surface area contributed by atoms with Crippen LogP contribution in [0.3, 0.4) is 0 Å². The number of amides is 1. The van der Waals surface area contributed by atoms with Crippen LogP contribution in [0.2, 0.25) is 0 Å². The van der Waals surface area contributed by atoms with Gasteiger partial charge in [0.05, 0.1) is 24.5 Å². The summed E-state index contributed by atoms with van der Waals surface area (Å²) in [7, 11) is 0. The number of carbonyl (C=O) groups is 3. The van der Waals surface area contributed by atoms with E-state index in [1.807, 2.05) is 0 Å². The monoisotopic (exact) mass is 402 g/mol. The highest BCUT2D eigenvalue weighted by Gasteiger charge is 2.35. The lowest BCUT2D eigenvalue weighted by molar-refractivity contribution is -0.137. The molecule has 0 aliphatic carbocycles. The molecule has 1 atom stereocenters. The standard InChI is InChI=1S/C19H18N2O6S/c1-10-16(18(24)21-4-6-26-7-5-21)28-17(20-10)12-8-11-2-3-14(23)13(9-22)15(11)27-19(12)25/h2-3,9,12,23H,4-8H2,1H3. The summed E-state index contributed by atoms with van der Waals surface area (Å²) in [4.78, 5) is 43.2. The van der Waals surface area contributed by atoms with Gasteiger partial charge in [-0.1, -0.05) is 6.07 Å². The maximum Gasteiger partial charge on any atom is 0.321 e. The zero-order chi connectivity index (χ0) is 19.8. The molecule has 1 aromatic heterocycles. The number of phenols is 1. The Balaban J connectivity index is 1.62. The van der Waals surface area contributed by atoms with E-state index in [0.717, 1.165) is 0 Å². The van der Waals surface area contributed by atoms with E-state index in [2.05, 4.69) is 4.98 Å². The van der Waals surface area contributed by atoms with Crippen LogP contribution in [0.5, 0.6) is 11.5 Å². The van der Waals surface area contributed by atoms with Crippen LogP contribution < -0.4 is 4.74 Å². The molecule has 146 valence electrons. The second-order valence-electron chi connectivity index (χ2n) is 6.65. The first-order valence-electron chi connectivity index (χ1n) is 8.85. The maximum atomic E-state index is 12.8. The molecule has 1 amide bonds. The number of morpholine rings is 1. The van der Waals surface area contributed by atoms with Crippen LogP contribution in [0.15, 0.2) is 12.1 Å². The summed E-state index contributed by atoms with van der Waals surface area (Å²) in [5.74, 6) is -1.47. The van der Waals surface area contributed by atoms with Gasteiger partial charge in [0.15, 0.2) is 6.29 Å². The normalized spacial score (nSPS) is 19.1. The van der Waals surface area contributed by atoms with E-state index >= 15 is 0 Å². The summed E-state index contributed by atoms with van der Waals surface area (Å²) in [6, 6.07) is 3.02. The molecule has 4 rings (SSSR count). The van der Waals surface area contributed by atoms with Crippen LogP contribution >= 0.6 is 11.3 Å². The zero-order valence-electron chi connectivity index (χ0n) is 15.1. The molecule has 3 heterocycles. The minimum atomic E-state index is -0.661. The van der Waals surface area contributed by atoms with Gasteiger partial charge >= 0.3 is 5.97 Å². The van der Waals surface area contributed by atoms with Crippen molar-refractivity contribution in [3.8, 4) is 11.5 Å². The average molecular weight is 402 g/mol. The second-order valence-corrected chi connectivity index (χ2v) is 7.68. The van der Waals surface area contributed by atoms with Crippen molar-refractivity contribution < 1.29 is 29.0 Å². The van der Waals surface area contributed by atoms with E-state index < -0.39 is 11.9 Å². The molecule has 1 unspecified atom stereocenters. The van der Waals surface area contributed by atoms with Gasteiger partial charge in [0, 0.05) is 13.1 Å². The number of nitrogens with zero attached hydrogens (tertiary/aromatic N) is 2. The number of benzene rings is 1. The summed E-state index contributed by atoms with van der Waals surface area (Å²) in [6.07, 6.45) is 0.752. The van der Waals surface area contributed by atoms with Gasteiger partial charge < -0.3 is 19.5 Å². The Morgan fingerprint density at radius 1 is 1.36 bits per heavy atom. The van der Waals surface area contributed by atoms with Crippen LogP contribution in [-0.4, -0.2) is 59.5 Å². The molecule has 1 N–H and O–H groups in total. The number of aryl methyl sites for hydroxylation is 1. The SMILES string of the molecule is Cc1nc(C2Cc3ccc(O)c(C=O)c3OC2=O)sc1C(=O)N1CCOCC1. The molecule has 1 fully saturated rings. The molecule has 1 aromatic carbocycles. The quantitative estimate of drug-likeness (QED) is 0.473. The van der Waals surface area contributed by atoms with Crippen molar-refractivity contribution in [1.82, 2.24) is 9.88 Å². The van der Waals surface area contributed by atoms with Crippen LogP contribution in [-0.2, 0) is 16.0 Å². The zero-order valence-corrected chi connectivity index (χ0v) is 16.0. The van der Waals surface area contributed by atoms with E-state index in [-0.39, 0.29) is 29.4 Å². The molecule has 0 saturated carbocycles. The Hall–Kier alpha value is -2.78. The Morgan fingerprint density at radius 3 is 2.82 bits per heavy atom. The van der Waals surface area contributed by atoms with Crippen molar-refractivity contribution in [2.24, 2.45) is 0 Å². The number of aldehydes is 1. The summed E-state index contributed by atoms with van der Waals surface area (Å²) in [6.45, 7) is 3.82. The lowest BCUT2D eigenvalue weighted by atomic mass is 9.94. The van der Waals surface area contributed by atoms with Gasteiger partial charge in [-0.2, -0.15) is 0 Å². The van der Waals surface area contributed by atoms with Gasteiger partial charge in [0.1, 0.15) is 27.3 Å². The number of fused-ring (bicyclic) bond motifs is 1. The number of phenolic OH excluding ortho intramolecular Hbond substituents is 1. The lowest BCUT2D eigenvalue weighted by Crippen LogP contribution is -2.40. The molecule has 0 radical (unpaired) electrons. The molecular formula is C19H18N2O6S. The first-order valence-corrected chi connectivity index (χ1v) is 9.67. The number of hydrogen-bond acceptors (Lipinski definition) is 8. The predicted octanol–water partition coefficient (Wildman–Crippen LogP) is 1.69. The Bertz CT molecular complexity index is 964. The summed E-state index contributed by atoms with van der Waals surface area (Å²) in [5.41, 5.74) is 1.18. The first-order chi connectivity index (χ1) is 13.5. The average Bonchev–Trinajstić information content (AvgIpc) is 3.09. The Kier molecular flexibility index (Phi) is 4.86. The minimum absolute atomic E-state index is 0.0391. The summed E-state index contributed by atoms with van der Waals surface area (Å²) >= 11 is 1.20. The predicted molar refractivity (Wildman–Crippen MR) is 99.1 cm³/mol. The fraction of sp³-hybridized carbons (Fsp3) is 0.368. The highest BCUT2D eigenvalue weighted by Crippen LogP contribution is 2.40. The third-order valence-electron chi connectivity index (χ3n) is 4.89. The van der Waals surface area contributed by atoms with E-state index in [4.69, 9.17) is 9.47 Å². The number of rotatable bonds is 3. The molecule has 28 heavy (non-hydrogen) atoms. The second kappa shape index (κ2) is 7.33. The van der Waals surface area contributed by atoms with Gasteiger partial charge in [-0.3, -0.25) is 14.4 Å². The molecule has 2 aliphatic rings. The minimum Gasteiger partial charge on any atom is -0.507 e. The fourth-order valence-corrected chi connectivity index (χ4v) is 4.49. The Morgan fingerprint density at radius 2 is 2.11 bits per heavy atom. The van der Waals surface area contributed by atoms with Crippen molar-refractivity contribution >= 4 is 29.5 Å². The summed E-state index contributed by atoms with van der Waals surface area (Å²) < 4.78 is 10.6. The first kappa shape index (κ1) is 18.6. The molecule has 1 saturated heterocycles. The van der Waals surface area contributed by atoms with Crippen molar-refractivity contribution in [3.05, 3.63) is 38.8 Å². The van der Waals surface area contributed by atoms with Crippen LogP contribution in [0.4, 0.5) is 0 Å². The molecule has 0 spiro atoms. The third-order valence-corrected chi connectivity index (χ3v) is 6.15. The van der Waals surface area contributed by atoms with Gasteiger partial charge in [-0.25, -0.2) is 4.98 Å². The topological polar surface area (TPSA) is 106 Å². The number of carbonyl (C=O) groups excluding carboxylic acids is 3. The smallest absolute Gasteiger partial charge is 0.321 e. The van der Waals surface area contributed by atoms with Crippen molar-refractivity contribution in [2.75, 3.05) is 26.3 Å². The van der Waals surface area contributed by atoms with Crippen molar-refractivity contribution in [2.45, 2.75) is 19.3 Å². The molecule has 2 aromatic rings. The molecule has 9 heteroatoms. The highest BCUT2D eigenvalue weighted by atomic mass is 32.1. The number of ether oxygens (including phenoxy) is 2. The molecule has 8 nitrogen and oxygen atoms in total. The molecular weight excluding hydrogens is 384 g/mol. The van der Waals surface area contributed by atoms with Gasteiger partial charge in [-0.05, 0) is 25.0 Å². The number of esters is 1. The van der Waals surface area contributed by atoms with Crippen molar-refractivity contribution in [1.29, 1.82) is 0 Å². The Labute approximate surface area is 164 Å². The van der Waals surface area contributed by atoms with Crippen LogP contribution in [0, 0.1) is 6.92 Å². The number of thiazole rings is 1.